The molecule has 4 aromatic rings. The number of carboxylic acid groups (broad SMARTS) is 1. The summed E-state index contributed by atoms with van der Waals surface area (Å²) in [5.41, 5.74) is 3.13. The number of halogens is 2. The molecule has 1 atom stereocenters. The topological polar surface area (TPSA) is 107 Å². The summed E-state index contributed by atoms with van der Waals surface area (Å²) in [6.07, 6.45) is -0.0580. The highest BCUT2D eigenvalue weighted by molar-refractivity contribution is 6.32. The first-order chi connectivity index (χ1) is 18.4. The van der Waals surface area contributed by atoms with Crippen molar-refractivity contribution in [1.82, 2.24) is 4.98 Å². The number of hydrogen-bond acceptors (Lipinski definition) is 6. The summed E-state index contributed by atoms with van der Waals surface area (Å²) >= 11 is 12.4. The monoisotopic (exact) mass is 550 g/mol. The lowest BCUT2D eigenvalue weighted by Crippen LogP contribution is -2.18. The van der Waals surface area contributed by atoms with Gasteiger partial charge in [-0.1, -0.05) is 35.3 Å². The number of nitrogens with zero attached hydrogens (tertiary/aromatic N) is 1. The third kappa shape index (κ3) is 5.82. The largest absolute Gasteiger partial charge is 0.506 e. The Morgan fingerprint density at radius 3 is 2.55 bits per heavy atom. The quantitative estimate of drug-likeness (QED) is 0.238. The molecule has 1 aromatic heterocycles. The molecule has 0 bridgehead atoms. The fourth-order valence-electron chi connectivity index (χ4n) is 3.97. The van der Waals surface area contributed by atoms with E-state index in [0.29, 0.717) is 52.1 Å². The molecular formula is C28H20Cl2N2O6. The summed E-state index contributed by atoms with van der Waals surface area (Å²) in [5, 5.41) is 12.7. The first-order valence-electron chi connectivity index (χ1n) is 11.5. The van der Waals surface area contributed by atoms with Crippen LogP contribution in [0.2, 0.25) is 10.0 Å². The predicted molar refractivity (Wildman–Crippen MR) is 143 cm³/mol. The average molecular weight is 551 g/mol. The number of hydrogen-bond donors (Lipinski definition) is 2. The van der Waals surface area contributed by atoms with E-state index in [4.69, 9.17) is 42.5 Å². The van der Waals surface area contributed by atoms with E-state index in [9.17, 15) is 9.59 Å². The van der Waals surface area contributed by atoms with E-state index in [0.717, 1.165) is 11.3 Å². The maximum atomic E-state index is 12.7. The molecule has 0 aliphatic carbocycles. The van der Waals surface area contributed by atoms with Crippen molar-refractivity contribution >= 4 is 41.0 Å². The Bertz CT molecular complexity index is 1490. The number of fused-ring (bicyclic) bond motifs is 1. The smallest absolute Gasteiger partial charge is 0.493 e. The third-order valence-corrected chi connectivity index (χ3v) is 6.31. The molecule has 8 nitrogen and oxygen atoms in total. The molecule has 0 spiro atoms. The Morgan fingerprint density at radius 1 is 1.03 bits per heavy atom. The molecule has 0 saturated heterocycles. The zero-order valence-corrected chi connectivity index (χ0v) is 21.2. The Kier molecular flexibility index (Phi) is 7.35. The molecule has 1 aliphatic rings. The lowest BCUT2D eigenvalue weighted by molar-refractivity contribution is 0.0326. The molecule has 2 heterocycles. The van der Waals surface area contributed by atoms with Gasteiger partial charge in [0, 0.05) is 34.2 Å². The Hall–Kier alpha value is -4.27. The number of carbonyl (C=O) groups is 2. The summed E-state index contributed by atoms with van der Waals surface area (Å²) in [6, 6.07) is 20.6. The van der Waals surface area contributed by atoms with E-state index in [-0.39, 0.29) is 10.9 Å². The number of aromatic nitrogens is 1. The fraction of sp³-hybridized carbons (Fsp3) is 0.107. The Labute approximate surface area is 227 Å². The van der Waals surface area contributed by atoms with Crippen molar-refractivity contribution in [3.05, 3.63) is 100 Å². The zero-order chi connectivity index (χ0) is 26.6. The highest BCUT2D eigenvalue weighted by atomic mass is 35.5. The number of benzene rings is 3. The van der Waals surface area contributed by atoms with Crippen molar-refractivity contribution in [2.75, 3.05) is 11.9 Å². The van der Waals surface area contributed by atoms with Gasteiger partial charge < -0.3 is 24.6 Å². The number of ether oxygens (including phenoxy) is 3. The van der Waals surface area contributed by atoms with Crippen LogP contribution in [-0.4, -0.2) is 28.8 Å². The van der Waals surface area contributed by atoms with Gasteiger partial charge in [0.25, 0.3) is 5.91 Å². The average Bonchev–Trinajstić information content (AvgIpc) is 2.90. The van der Waals surface area contributed by atoms with Crippen LogP contribution in [0.4, 0.5) is 10.5 Å². The molecule has 10 heteroatoms. The van der Waals surface area contributed by atoms with E-state index in [1.807, 2.05) is 18.2 Å². The first-order valence-corrected chi connectivity index (χ1v) is 12.3. The molecule has 38 heavy (non-hydrogen) atoms. The van der Waals surface area contributed by atoms with Crippen LogP contribution >= 0.6 is 23.2 Å². The van der Waals surface area contributed by atoms with Crippen LogP contribution in [0.3, 0.4) is 0 Å². The first kappa shape index (κ1) is 25.4. The number of pyridine rings is 1. The van der Waals surface area contributed by atoms with Crippen LogP contribution in [-0.2, 0) is 4.74 Å². The minimum Gasteiger partial charge on any atom is -0.493 e. The normalized spacial score (nSPS) is 14.1. The predicted octanol–water partition coefficient (Wildman–Crippen LogP) is 7.62. The fourth-order valence-corrected chi connectivity index (χ4v) is 4.37. The molecule has 5 rings (SSSR count). The zero-order valence-electron chi connectivity index (χ0n) is 19.7. The van der Waals surface area contributed by atoms with Crippen LogP contribution in [0.25, 0.3) is 11.3 Å². The van der Waals surface area contributed by atoms with Gasteiger partial charge in [-0.25, -0.2) is 4.79 Å². The summed E-state index contributed by atoms with van der Waals surface area (Å²) in [5.74, 6) is 0.904. The van der Waals surface area contributed by atoms with Crippen molar-refractivity contribution < 1.29 is 28.9 Å². The van der Waals surface area contributed by atoms with Gasteiger partial charge in [0.15, 0.2) is 0 Å². The molecular weight excluding hydrogens is 531 g/mol. The second-order valence-corrected chi connectivity index (χ2v) is 9.20. The second kappa shape index (κ2) is 11.0. The van der Waals surface area contributed by atoms with Gasteiger partial charge in [-0.2, -0.15) is 0 Å². The lowest BCUT2D eigenvalue weighted by atomic mass is 10.0. The second-order valence-electron chi connectivity index (χ2n) is 8.35. The van der Waals surface area contributed by atoms with Crippen molar-refractivity contribution in [3.63, 3.8) is 0 Å². The van der Waals surface area contributed by atoms with Crippen molar-refractivity contribution in [3.8, 4) is 28.5 Å². The molecule has 0 saturated carbocycles. The van der Waals surface area contributed by atoms with E-state index in [1.54, 1.807) is 60.8 Å². The molecule has 3 aromatic carbocycles. The molecule has 1 amide bonds. The van der Waals surface area contributed by atoms with Gasteiger partial charge in [-0.05, 0) is 54.6 Å². The van der Waals surface area contributed by atoms with E-state index in [2.05, 4.69) is 10.3 Å². The van der Waals surface area contributed by atoms with Crippen LogP contribution in [0, 0.1) is 0 Å². The molecule has 192 valence electrons. The van der Waals surface area contributed by atoms with Gasteiger partial charge in [0.05, 0.1) is 29.2 Å². The lowest BCUT2D eigenvalue weighted by Gasteiger charge is -2.25. The number of nitrogens with one attached hydrogen (secondary N) is 1. The van der Waals surface area contributed by atoms with Crippen LogP contribution in [0.5, 0.6) is 17.2 Å². The maximum Gasteiger partial charge on any atom is 0.506 e. The minimum absolute atomic E-state index is 0.267. The third-order valence-electron chi connectivity index (χ3n) is 5.78. The van der Waals surface area contributed by atoms with E-state index >= 15 is 0 Å². The van der Waals surface area contributed by atoms with Gasteiger partial charge in [-0.15, -0.1) is 0 Å². The highest BCUT2D eigenvalue weighted by Crippen LogP contribution is 2.42. The maximum absolute atomic E-state index is 12.7. The SMILES string of the molecule is O=C(O)OC1CCOc2cc(Oc3ccc(C(=O)Nc4ccc(-c5cccc(Cl)c5)nc4)cc3)c(Cl)cc21. The molecule has 1 aliphatic heterocycles. The summed E-state index contributed by atoms with van der Waals surface area (Å²) in [7, 11) is 0. The Morgan fingerprint density at radius 2 is 1.84 bits per heavy atom. The summed E-state index contributed by atoms with van der Waals surface area (Å²) in [4.78, 5) is 28.1. The van der Waals surface area contributed by atoms with Crippen molar-refractivity contribution in [2.24, 2.45) is 0 Å². The van der Waals surface area contributed by atoms with Crippen molar-refractivity contribution in [1.29, 1.82) is 0 Å². The van der Waals surface area contributed by atoms with Gasteiger partial charge in [0.1, 0.15) is 23.4 Å². The van der Waals surface area contributed by atoms with E-state index < -0.39 is 12.3 Å². The standard InChI is InChI=1S/C28H20Cl2N2O6/c29-18-3-1-2-17(12-18)23-9-6-19(15-31-23)32-27(33)16-4-7-20(8-5-16)37-26-14-25-21(13-22(26)30)24(10-11-36-25)38-28(34)35/h1-9,12-15,24H,10-11H2,(H,32,33)(H,34,35). The highest BCUT2D eigenvalue weighted by Gasteiger charge is 2.27. The van der Waals surface area contributed by atoms with Crippen LogP contribution in [0.15, 0.2) is 79.0 Å². The number of carbonyl (C=O) groups excluding carboxylic acids is 1. The Balaban J connectivity index is 1.24. The number of amides is 1. The van der Waals surface area contributed by atoms with Crippen molar-refractivity contribution in [2.45, 2.75) is 12.5 Å². The summed E-state index contributed by atoms with van der Waals surface area (Å²) in [6.45, 7) is 0.300. The molecule has 2 N–H and O–H groups in total. The number of anilines is 1. The molecule has 0 fully saturated rings. The van der Waals surface area contributed by atoms with E-state index in [1.165, 1.54) is 0 Å². The van der Waals surface area contributed by atoms with Crippen LogP contribution in [0.1, 0.15) is 28.4 Å². The summed E-state index contributed by atoms with van der Waals surface area (Å²) < 4.78 is 16.5. The number of rotatable bonds is 6. The van der Waals surface area contributed by atoms with Gasteiger partial charge in [-0.3, -0.25) is 9.78 Å². The van der Waals surface area contributed by atoms with Gasteiger partial charge >= 0.3 is 6.16 Å². The minimum atomic E-state index is -1.37. The van der Waals surface area contributed by atoms with Crippen LogP contribution < -0.4 is 14.8 Å². The molecule has 1 unspecified atom stereocenters. The van der Waals surface area contributed by atoms with Gasteiger partial charge in [0.2, 0.25) is 0 Å². The molecule has 0 radical (unpaired) electrons.